The molecule has 0 saturated heterocycles. The predicted octanol–water partition coefficient (Wildman–Crippen LogP) is 5.93. The molecule has 3 rings (SSSR count). The minimum Gasteiger partial charge on any atom is -0.493 e. The molecule has 0 fully saturated rings. The first-order valence-corrected chi connectivity index (χ1v) is 10.0. The van der Waals surface area contributed by atoms with E-state index in [2.05, 4.69) is 52.8 Å². The Labute approximate surface area is 169 Å². The lowest BCUT2D eigenvalue weighted by atomic mass is 9.76. The first-order chi connectivity index (χ1) is 13.2. The van der Waals surface area contributed by atoms with E-state index in [1.807, 2.05) is 6.07 Å². The maximum absolute atomic E-state index is 13.2. The number of rotatable bonds is 2. The average Bonchev–Trinajstić information content (AvgIpc) is 2.75. The van der Waals surface area contributed by atoms with Crippen LogP contribution in [0.5, 0.6) is 11.5 Å². The Kier molecular flexibility index (Phi) is 5.56. The standard InChI is InChI=1S/C25H32O3/c1-15-10-18(25(3,4)5)13-20-19-14-24(28-7)23(27-6)12-17(19)8-9-22(26)21(20)11-16(15)2/h10,12-14,21H,8-9,11H2,1-7H3/b16-15-,18-10+,20-13-. The number of fused-ring (bicyclic) bond motifs is 3. The molecular formula is C25H32O3. The van der Waals surface area contributed by atoms with Gasteiger partial charge < -0.3 is 9.47 Å². The van der Waals surface area contributed by atoms with Gasteiger partial charge in [0.1, 0.15) is 5.78 Å². The highest BCUT2D eigenvalue weighted by Gasteiger charge is 2.32. The third-order valence-corrected chi connectivity index (χ3v) is 6.06. The van der Waals surface area contributed by atoms with Gasteiger partial charge in [0.05, 0.1) is 14.2 Å². The van der Waals surface area contributed by atoms with E-state index in [0.29, 0.717) is 18.0 Å². The van der Waals surface area contributed by atoms with Crippen molar-refractivity contribution in [3.8, 4) is 11.5 Å². The van der Waals surface area contributed by atoms with Crippen molar-refractivity contribution in [3.05, 3.63) is 52.1 Å². The number of aryl methyl sites for hydroxylation is 1. The van der Waals surface area contributed by atoms with E-state index in [0.717, 1.165) is 35.3 Å². The zero-order valence-electron chi connectivity index (χ0n) is 18.2. The van der Waals surface area contributed by atoms with Crippen LogP contribution < -0.4 is 9.47 Å². The number of Topliss-reactive ketones (excluding diaryl/α,β-unsaturated/α-hetero) is 1. The largest absolute Gasteiger partial charge is 0.493 e. The Hall–Kier alpha value is -2.29. The minimum atomic E-state index is -0.111. The SMILES string of the molecule is COc1cc2c(cc1OC)/C1=C/C(C(C)(C)C)=C\C(C)=C(\C)CC1C(=O)CC2. The molecule has 0 N–H and O–H groups in total. The van der Waals surface area contributed by atoms with Crippen LogP contribution in [0.3, 0.4) is 0 Å². The number of allylic oxidation sites excluding steroid dienone is 6. The zero-order valence-corrected chi connectivity index (χ0v) is 18.2. The monoisotopic (exact) mass is 380 g/mol. The number of benzene rings is 1. The Bertz CT molecular complexity index is 891. The topological polar surface area (TPSA) is 35.5 Å². The third-order valence-electron chi connectivity index (χ3n) is 6.06. The average molecular weight is 381 g/mol. The zero-order chi connectivity index (χ0) is 20.6. The Morgan fingerprint density at radius 2 is 1.61 bits per heavy atom. The maximum atomic E-state index is 13.2. The van der Waals surface area contributed by atoms with Gasteiger partial charge in [0, 0.05) is 12.3 Å². The van der Waals surface area contributed by atoms with Gasteiger partial charge in [-0.2, -0.15) is 0 Å². The summed E-state index contributed by atoms with van der Waals surface area (Å²) < 4.78 is 11.1. The molecule has 0 amide bonds. The van der Waals surface area contributed by atoms with Crippen molar-refractivity contribution in [2.45, 2.75) is 53.9 Å². The van der Waals surface area contributed by atoms with Crippen molar-refractivity contribution in [3.63, 3.8) is 0 Å². The lowest BCUT2D eigenvalue weighted by Gasteiger charge is -2.28. The van der Waals surface area contributed by atoms with Crippen molar-refractivity contribution in [1.29, 1.82) is 0 Å². The molecule has 1 aromatic rings. The molecule has 28 heavy (non-hydrogen) atoms. The molecule has 0 aliphatic heterocycles. The maximum Gasteiger partial charge on any atom is 0.161 e. The molecular weight excluding hydrogens is 348 g/mol. The molecule has 1 unspecified atom stereocenters. The Balaban J connectivity index is 2.30. The summed E-state index contributed by atoms with van der Waals surface area (Å²) in [5.74, 6) is 1.64. The van der Waals surface area contributed by atoms with Gasteiger partial charge in [-0.15, -0.1) is 0 Å². The molecule has 0 spiro atoms. The lowest BCUT2D eigenvalue weighted by molar-refractivity contribution is -0.121. The van der Waals surface area contributed by atoms with Crippen LogP contribution in [-0.4, -0.2) is 20.0 Å². The fraction of sp³-hybridized carbons (Fsp3) is 0.480. The number of hydrogen-bond acceptors (Lipinski definition) is 3. The molecule has 2 aliphatic rings. The van der Waals surface area contributed by atoms with Gasteiger partial charge in [-0.05, 0) is 66.5 Å². The summed E-state index contributed by atoms with van der Waals surface area (Å²) >= 11 is 0. The van der Waals surface area contributed by atoms with Gasteiger partial charge >= 0.3 is 0 Å². The van der Waals surface area contributed by atoms with Crippen LogP contribution in [0.2, 0.25) is 0 Å². The summed E-state index contributed by atoms with van der Waals surface area (Å²) in [5, 5.41) is 0. The third kappa shape index (κ3) is 3.80. The Morgan fingerprint density at radius 1 is 0.964 bits per heavy atom. The number of methoxy groups -OCH3 is 2. The number of ether oxygens (including phenoxy) is 2. The Morgan fingerprint density at radius 3 is 2.21 bits per heavy atom. The number of carbonyl (C=O) groups is 1. The quantitative estimate of drug-likeness (QED) is 0.638. The molecule has 0 aromatic heterocycles. The number of hydrogen-bond donors (Lipinski definition) is 0. The molecule has 150 valence electrons. The second-order valence-electron chi connectivity index (χ2n) is 9.00. The van der Waals surface area contributed by atoms with Gasteiger partial charge in [0.25, 0.3) is 0 Å². The lowest BCUT2D eigenvalue weighted by Crippen LogP contribution is -2.18. The summed E-state index contributed by atoms with van der Waals surface area (Å²) in [6.45, 7) is 11.0. The molecule has 3 nitrogen and oxygen atoms in total. The second-order valence-corrected chi connectivity index (χ2v) is 9.00. The van der Waals surface area contributed by atoms with E-state index in [1.165, 1.54) is 16.7 Å². The van der Waals surface area contributed by atoms with E-state index >= 15 is 0 Å². The van der Waals surface area contributed by atoms with Crippen LogP contribution in [0.1, 0.15) is 58.6 Å². The second kappa shape index (κ2) is 7.62. The molecule has 0 heterocycles. The van der Waals surface area contributed by atoms with Gasteiger partial charge in [-0.1, -0.05) is 44.1 Å². The summed E-state index contributed by atoms with van der Waals surface area (Å²) in [6.07, 6.45) is 6.62. The van der Waals surface area contributed by atoms with E-state index < -0.39 is 0 Å². The van der Waals surface area contributed by atoms with Crippen molar-refractivity contribution in [1.82, 2.24) is 0 Å². The van der Waals surface area contributed by atoms with Crippen molar-refractivity contribution < 1.29 is 14.3 Å². The molecule has 1 atom stereocenters. The van der Waals surface area contributed by atoms with Crippen LogP contribution in [-0.2, 0) is 11.2 Å². The van der Waals surface area contributed by atoms with Crippen LogP contribution in [0.4, 0.5) is 0 Å². The number of ketones is 1. The first kappa shape index (κ1) is 20.4. The fourth-order valence-electron chi connectivity index (χ4n) is 4.06. The molecule has 0 radical (unpaired) electrons. The van der Waals surface area contributed by atoms with E-state index in [4.69, 9.17) is 9.47 Å². The normalized spacial score (nSPS) is 26.5. The fourth-order valence-corrected chi connectivity index (χ4v) is 4.06. The number of carbonyl (C=O) groups excluding carboxylic acids is 1. The van der Waals surface area contributed by atoms with Gasteiger partial charge in [-0.25, -0.2) is 0 Å². The van der Waals surface area contributed by atoms with Crippen molar-refractivity contribution in [2.75, 3.05) is 14.2 Å². The van der Waals surface area contributed by atoms with Crippen molar-refractivity contribution >= 4 is 11.4 Å². The highest BCUT2D eigenvalue weighted by Crippen LogP contribution is 2.44. The minimum absolute atomic E-state index is 0.0114. The molecule has 2 aliphatic carbocycles. The predicted molar refractivity (Wildman–Crippen MR) is 115 cm³/mol. The van der Waals surface area contributed by atoms with E-state index in [9.17, 15) is 4.79 Å². The summed E-state index contributed by atoms with van der Waals surface area (Å²) in [7, 11) is 3.31. The van der Waals surface area contributed by atoms with E-state index in [1.54, 1.807) is 14.2 Å². The molecule has 0 bridgehead atoms. The van der Waals surface area contributed by atoms with E-state index in [-0.39, 0.29) is 11.3 Å². The van der Waals surface area contributed by atoms with Crippen LogP contribution >= 0.6 is 0 Å². The van der Waals surface area contributed by atoms with Crippen LogP contribution in [0.15, 0.2) is 41.0 Å². The highest BCUT2D eigenvalue weighted by molar-refractivity contribution is 5.97. The molecule has 0 saturated carbocycles. The molecule has 3 heteroatoms. The van der Waals surface area contributed by atoms with Crippen molar-refractivity contribution in [2.24, 2.45) is 11.3 Å². The summed E-state index contributed by atoms with van der Waals surface area (Å²) in [5.41, 5.74) is 7.19. The highest BCUT2D eigenvalue weighted by atomic mass is 16.5. The van der Waals surface area contributed by atoms with Crippen LogP contribution in [0, 0.1) is 11.3 Å². The van der Waals surface area contributed by atoms with Gasteiger partial charge in [0.15, 0.2) is 11.5 Å². The van der Waals surface area contributed by atoms with Gasteiger partial charge in [-0.3, -0.25) is 4.79 Å². The molecule has 1 aromatic carbocycles. The first-order valence-electron chi connectivity index (χ1n) is 10.0. The van der Waals surface area contributed by atoms with Crippen LogP contribution in [0.25, 0.3) is 5.57 Å². The summed E-state index contributed by atoms with van der Waals surface area (Å²) in [4.78, 5) is 13.2. The van der Waals surface area contributed by atoms with Gasteiger partial charge in [0.2, 0.25) is 0 Å². The smallest absolute Gasteiger partial charge is 0.161 e. The summed E-state index contributed by atoms with van der Waals surface area (Å²) in [6, 6.07) is 4.09.